The molecule has 160 valence electrons. The summed E-state index contributed by atoms with van der Waals surface area (Å²) in [6, 6.07) is 19.0. The van der Waals surface area contributed by atoms with Crippen LogP contribution in [0.2, 0.25) is 0 Å². The first kappa shape index (κ1) is 19.8. The fraction of sp³-hybridized carbons (Fsp3) is 0.160. The molecule has 1 amide bonds. The second-order valence-corrected chi connectivity index (χ2v) is 7.62. The highest BCUT2D eigenvalue weighted by Gasteiger charge is 2.26. The maximum atomic E-state index is 13.1. The third kappa shape index (κ3) is 4.18. The highest BCUT2D eigenvalue weighted by molar-refractivity contribution is 5.98. The Morgan fingerprint density at radius 3 is 2.72 bits per heavy atom. The third-order valence-electron chi connectivity index (χ3n) is 5.33. The van der Waals surface area contributed by atoms with Crippen molar-refractivity contribution in [1.29, 1.82) is 0 Å². The number of carbonyl (C=O) groups excluding carboxylic acids is 1. The highest BCUT2D eigenvalue weighted by Crippen LogP contribution is 2.32. The van der Waals surface area contributed by atoms with Crippen LogP contribution in [0.1, 0.15) is 15.9 Å². The van der Waals surface area contributed by atoms with Gasteiger partial charge in [-0.25, -0.2) is 0 Å². The van der Waals surface area contributed by atoms with Gasteiger partial charge in [0.25, 0.3) is 5.91 Å². The summed E-state index contributed by atoms with van der Waals surface area (Å²) in [6.07, 6.45) is 6.11. The Labute approximate surface area is 185 Å². The summed E-state index contributed by atoms with van der Waals surface area (Å²) in [5, 5.41) is 4.18. The zero-order chi connectivity index (χ0) is 21.9. The maximum Gasteiger partial charge on any atom is 0.260 e. The molecule has 7 heteroatoms. The molecule has 0 aliphatic carbocycles. The lowest BCUT2D eigenvalue weighted by molar-refractivity contribution is 0.0524. The maximum absolute atomic E-state index is 13.1. The number of fused-ring (bicyclic) bond motifs is 1. The van der Waals surface area contributed by atoms with E-state index in [2.05, 4.69) is 22.2 Å². The van der Waals surface area contributed by atoms with Crippen LogP contribution in [0.5, 0.6) is 17.2 Å². The van der Waals surface area contributed by atoms with Gasteiger partial charge in [-0.3, -0.25) is 14.5 Å². The summed E-state index contributed by atoms with van der Waals surface area (Å²) in [5.41, 5.74) is 3.36. The molecule has 0 saturated carbocycles. The van der Waals surface area contributed by atoms with Crippen LogP contribution < -0.4 is 9.47 Å². The van der Waals surface area contributed by atoms with Crippen LogP contribution >= 0.6 is 0 Å². The van der Waals surface area contributed by atoms with E-state index < -0.39 is 0 Å². The number of benzene rings is 2. The van der Waals surface area contributed by atoms with E-state index in [-0.39, 0.29) is 12.6 Å². The van der Waals surface area contributed by atoms with Gasteiger partial charge in [-0.1, -0.05) is 30.3 Å². The van der Waals surface area contributed by atoms with E-state index in [1.165, 1.54) is 5.56 Å². The van der Waals surface area contributed by atoms with Crippen molar-refractivity contribution in [2.24, 2.45) is 7.05 Å². The Balaban J connectivity index is 1.32. The van der Waals surface area contributed by atoms with Gasteiger partial charge in [-0.15, -0.1) is 0 Å². The van der Waals surface area contributed by atoms with Crippen LogP contribution in [-0.4, -0.2) is 38.8 Å². The largest absolute Gasteiger partial charge is 0.472 e. The fourth-order valence-electron chi connectivity index (χ4n) is 3.64. The van der Waals surface area contributed by atoms with Crippen molar-refractivity contribution in [3.63, 3.8) is 0 Å². The monoisotopic (exact) mass is 426 g/mol. The van der Waals surface area contributed by atoms with E-state index in [0.717, 1.165) is 17.7 Å². The predicted octanol–water partition coefficient (Wildman–Crippen LogP) is 4.31. The Morgan fingerprint density at radius 1 is 1.06 bits per heavy atom. The van der Waals surface area contributed by atoms with Gasteiger partial charge in [-0.2, -0.15) is 5.10 Å². The summed E-state index contributed by atoms with van der Waals surface area (Å²) >= 11 is 0. The van der Waals surface area contributed by atoms with E-state index in [1.807, 2.05) is 37.5 Å². The lowest BCUT2D eigenvalue weighted by Crippen LogP contribution is -2.39. The minimum atomic E-state index is -0.0570. The topological polar surface area (TPSA) is 69.5 Å². The fourth-order valence-corrected chi connectivity index (χ4v) is 3.64. The molecule has 0 N–H and O–H groups in total. The van der Waals surface area contributed by atoms with Crippen LogP contribution in [0, 0.1) is 0 Å². The molecule has 3 heterocycles. The van der Waals surface area contributed by atoms with Gasteiger partial charge in [-0.05, 0) is 36.2 Å². The summed E-state index contributed by atoms with van der Waals surface area (Å²) in [7, 11) is 1.86. The summed E-state index contributed by atoms with van der Waals surface area (Å²) in [4.78, 5) is 19.2. The third-order valence-corrected chi connectivity index (χ3v) is 5.33. The van der Waals surface area contributed by atoms with Crippen molar-refractivity contribution in [1.82, 2.24) is 19.7 Å². The van der Waals surface area contributed by atoms with Gasteiger partial charge in [0.05, 0.1) is 17.5 Å². The molecule has 0 saturated heterocycles. The molecular formula is C25H22N4O3. The normalized spacial score (nSPS) is 12.9. The Morgan fingerprint density at radius 2 is 1.91 bits per heavy atom. The number of aryl methyl sites for hydroxylation is 1. The molecule has 1 aliphatic heterocycles. The SMILES string of the molecule is Cn1cc(-c2cc(Oc3ccc4c(c3)C(=O)N(CCc3ccccc3)CO4)ccn2)cn1. The number of hydrogen-bond donors (Lipinski definition) is 0. The van der Waals surface area contributed by atoms with Crippen molar-refractivity contribution in [2.45, 2.75) is 6.42 Å². The molecule has 32 heavy (non-hydrogen) atoms. The Bertz CT molecular complexity index is 1250. The zero-order valence-electron chi connectivity index (χ0n) is 17.6. The van der Waals surface area contributed by atoms with E-state index >= 15 is 0 Å². The van der Waals surface area contributed by atoms with Crippen molar-refractivity contribution in [3.8, 4) is 28.5 Å². The quantitative estimate of drug-likeness (QED) is 0.460. The van der Waals surface area contributed by atoms with Gasteiger partial charge in [0.15, 0.2) is 6.73 Å². The molecule has 7 nitrogen and oxygen atoms in total. The number of hydrogen-bond acceptors (Lipinski definition) is 5. The van der Waals surface area contributed by atoms with Crippen LogP contribution in [0.3, 0.4) is 0 Å². The number of amides is 1. The van der Waals surface area contributed by atoms with Crippen LogP contribution in [0.4, 0.5) is 0 Å². The first-order valence-corrected chi connectivity index (χ1v) is 10.4. The van der Waals surface area contributed by atoms with Crippen molar-refractivity contribution >= 4 is 5.91 Å². The number of ether oxygens (including phenoxy) is 2. The van der Waals surface area contributed by atoms with Crippen molar-refractivity contribution in [3.05, 3.63) is 90.4 Å². The number of aromatic nitrogens is 3. The summed E-state index contributed by atoms with van der Waals surface area (Å²) in [5.74, 6) is 1.71. The van der Waals surface area contributed by atoms with E-state index in [4.69, 9.17) is 9.47 Å². The molecule has 1 aliphatic rings. The Hall–Kier alpha value is -4.13. The van der Waals surface area contributed by atoms with Crippen LogP contribution in [0.25, 0.3) is 11.3 Å². The first-order valence-electron chi connectivity index (χ1n) is 10.4. The van der Waals surface area contributed by atoms with Crippen molar-refractivity contribution in [2.75, 3.05) is 13.3 Å². The van der Waals surface area contributed by atoms with E-state index in [9.17, 15) is 4.79 Å². The average molecular weight is 426 g/mol. The molecule has 0 bridgehead atoms. The number of rotatable bonds is 6. The molecule has 0 spiro atoms. The van der Waals surface area contributed by atoms with Crippen LogP contribution in [-0.2, 0) is 13.5 Å². The van der Waals surface area contributed by atoms with Gasteiger partial charge in [0, 0.05) is 37.6 Å². The zero-order valence-corrected chi connectivity index (χ0v) is 17.6. The van der Waals surface area contributed by atoms with Crippen molar-refractivity contribution < 1.29 is 14.3 Å². The lowest BCUT2D eigenvalue weighted by Gasteiger charge is -2.29. The lowest BCUT2D eigenvalue weighted by atomic mass is 10.1. The smallest absolute Gasteiger partial charge is 0.260 e. The molecule has 4 aromatic rings. The molecule has 2 aromatic carbocycles. The van der Waals surface area contributed by atoms with E-state index in [1.54, 1.807) is 46.2 Å². The molecule has 2 aromatic heterocycles. The predicted molar refractivity (Wildman–Crippen MR) is 120 cm³/mol. The van der Waals surface area contributed by atoms with Gasteiger partial charge < -0.3 is 14.4 Å². The number of nitrogens with zero attached hydrogens (tertiary/aromatic N) is 4. The molecule has 0 unspecified atom stereocenters. The Kier molecular flexibility index (Phi) is 5.29. The van der Waals surface area contributed by atoms with Crippen LogP contribution in [0.15, 0.2) is 79.3 Å². The molecule has 0 fully saturated rings. The molecule has 0 radical (unpaired) electrons. The van der Waals surface area contributed by atoms with Gasteiger partial charge in [0.2, 0.25) is 0 Å². The summed E-state index contributed by atoms with van der Waals surface area (Å²) in [6.45, 7) is 0.837. The number of pyridine rings is 1. The second kappa shape index (κ2) is 8.55. The molecular weight excluding hydrogens is 404 g/mol. The molecule has 5 rings (SSSR count). The molecule has 0 atom stereocenters. The minimum absolute atomic E-state index is 0.0570. The van der Waals surface area contributed by atoms with Gasteiger partial charge in [0.1, 0.15) is 17.2 Å². The average Bonchev–Trinajstić information content (AvgIpc) is 3.26. The van der Waals surface area contributed by atoms with Gasteiger partial charge >= 0.3 is 0 Å². The number of carbonyl (C=O) groups is 1. The van der Waals surface area contributed by atoms with E-state index in [0.29, 0.717) is 29.4 Å². The second-order valence-electron chi connectivity index (χ2n) is 7.62. The minimum Gasteiger partial charge on any atom is -0.472 e. The first-order chi connectivity index (χ1) is 15.7. The summed E-state index contributed by atoms with van der Waals surface area (Å²) < 4.78 is 13.6. The standard InChI is InChI=1S/C25H22N4O3/c1-28-16-19(15-27-28)23-14-21(9-11-26-23)32-20-7-8-24-22(13-20)25(30)29(17-31-24)12-10-18-5-3-2-4-6-18/h2-9,11,13-16H,10,12,17H2,1H3. The highest BCUT2D eigenvalue weighted by atomic mass is 16.5.